The van der Waals surface area contributed by atoms with Crippen LogP contribution >= 0.6 is 0 Å². The van der Waals surface area contributed by atoms with Gasteiger partial charge in [0.25, 0.3) is 5.91 Å². The lowest BCUT2D eigenvalue weighted by molar-refractivity contribution is -0.155. The molecule has 3 fully saturated rings. The fourth-order valence-electron chi connectivity index (χ4n) is 5.98. The zero-order chi connectivity index (χ0) is 25.3. The van der Waals surface area contributed by atoms with Crippen molar-refractivity contribution in [3.05, 3.63) is 54.6 Å². The van der Waals surface area contributed by atoms with Crippen LogP contribution < -0.4 is 4.90 Å². The molecule has 8 nitrogen and oxygen atoms in total. The Labute approximate surface area is 206 Å². The number of amides is 2. The number of aryl methyl sites for hydroxylation is 2. The van der Waals surface area contributed by atoms with E-state index in [1.807, 2.05) is 32.0 Å². The van der Waals surface area contributed by atoms with Gasteiger partial charge in [0, 0.05) is 18.8 Å². The highest BCUT2D eigenvalue weighted by atomic mass is 16.6. The number of benzene rings is 1. The number of aliphatic hydroxyl groups excluding tert-OH is 1. The highest BCUT2D eigenvalue weighted by Crippen LogP contribution is 2.58. The maximum atomic E-state index is 14.2. The molecular weight excluding hydrogens is 448 g/mol. The summed E-state index contributed by atoms with van der Waals surface area (Å²) in [5.74, 6) is -2.71. The van der Waals surface area contributed by atoms with Crippen LogP contribution in [0.15, 0.2) is 43.5 Å². The van der Waals surface area contributed by atoms with E-state index in [4.69, 9.17) is 9.47 Å². The van der Waals surface area contributed by atoms with Crippen LogP contribution in [0.3, 0.4) is 0 Å². The number of β-amino-alcohol motifs (C(OH)–C–C–N with tert-alkyl or cyclic N) is 1. The number of hydrogen-bond donors (Lipinski definition) is 1. The van der Waals surface area contributed by atoms with Crippen molar-refractivity contribution < 1.29 is 29.0 Å². The first kappa shape index (κ1) is 25.1. The first-order valence-electron chi connectivity index (χ1n) is 12.2. The molecule has 0 radical (unpaired) electrons. The van der Waals surface area contributed by atoms with Crippen LogP contribution in [0, 0.1) is 25.7 Å². The van der Waals surface area contributed by atoms with Crippen molar-refractivity contribution >= 4 is 23.5 Å². The maximum Gasteiger partial charge on any atom is 0.312 e. The number of carbonyl (C=O) groups is 3. The van der Waals surface area contributed by atoms with Crippen LogP contribution in [0.5, 0.6) is 0 Å². The predicted octanol–water partition coefficient (Wildman–Crippen LogP) is 2.31. The van der Waals surface area contributed by atoms with E-state index < -0.39 is 35.6 Å². The van der Waals surface area contributed by atoms with E-state index in [9.17, 15) is 19.5 Å². The average molecular weight is 483 g/mol. The van der Waals surface area contributed by atoms with E-state index in [1.165, 1.54) is 4.90 Å². The second kappa shape index (κ2) is 9.95. The largest absolute Gasteiger partial charge is 0.465 e. The van der Waals surface area contributed by atoms with E-state index >= 15 is 0 Å². The molecule has 3 aliphatic heterocycles. The quantitative estimate of drug-likeness (QED) is 0.312. The smallest absolute Gasteiger partial charge is 0.312 e. The first-order valence-corrected chi connectivity index (χ1v) is 12.2. The number of carbonyl (C=O) groups excluding carboxylic acids is 3. The van der Waals surface area contributed by atoms with Crippen molar-refractivity contribution in [1.29, 1.82) is 0 Å². The number of nitrogens with zero attached hydrogens (tertiary/aromatic N) is 2. The summed E-state index contributed by atoms with van der Waals surface area (Å²) in [4.78, 5) is 44.0. The standard InChI is InChI=1S/C27H34N2O6/c1-5-7-15-34-26(33)21-20-10-11-27(35-20)22(21)24(31)29(13-14-30)23(27)25(32)28(12-6-2)19-16-17(3)8-9-18(19)4/h5-6,8-9,16,20-23,30H,1-2,7,10-15H2,3-4H3/t20-,21+,22-,23?,27?/m0/s1. The zero-order valence-corrected chi connectivity index (χ0v) is 20.4. The molecule has 1 aromatic carbocycles. The van der Waals surface area contributed by atoms with Gasteiger partial charge in [-0.1, -0.05) is 24.3 Å². The van der Waals surface area contributed by atoms with Gasteiger partial charge in [-0.2, -0.15) is 0 Å². The van der Waals surface area contributed by atoms with Crippen molar-refractivity contribution in [2.45, 2.75) is 50.9 Å². The third kappa shape index (κ3) is 4.08. The van der Waals surface area contributed by atoms with Crippen LogP contribution in [0.25, 0.3) is 0 Å². The molecule has 0 aliphatic carbocycles. The number of esters is 1. The molecule has 35 heavy (non-hydrogen) atoms. The van der Waals surface area contributed by atoms with Gasteiger partial charge in [0.1, 0.15) is 11.6 Å². The number of anilines is 1. The zero-order valence-electron chi connectivity index (χ0n) is 20.4. The molecule has 2 amide bonds. The van der Waals surface area contributed by atoms with Gasteiger partial charge in [-0.15, -0.1) is 13.2 Å². The van der Waals surface area contributed by atoms with Crippen LogP contribution in [0.1, 0.15) is 30.4 Å². The van der Waals surface area contributed by atoms with E-state index in [0.29, 0.717) is 19.3 Å². The lowest BCUT2D eigenvalue weighted by Crippen LogP contribution is -2.57. The Morgan fingerprint density at radius 1 is 1.31 bits per heavy atom. The Morgan fingerprint density at radius 3 is 2.77 bits per heavy atom. The Bertz CT molecular complexity index is 1040. The fraction of sp³-hybridized carbons (Fsp3) is 0.519. The normalized spacial score (nSPS) is 28.7. The third-order valence-electron chi connectivity index (χ3n) is 7.45. The second-order valence-corrected chi connectivity index (χ2v) is 9.58. The Kier molecular flexibility index (Phi) is 7.15. The van der Waals surface area contributed by atoms with Gasteiger partial charge in [0.15, 0.2) is 0 Å². The van der Waals surface area contributed by atoms with Gasteiger partial charge >= 0.3 is 5.97 Å². The molecule has 8 heteroatoms. The molecule has 4 rings (SSSR count). The summed E-state index contributed by atoms with van der Waals surface area (Å²) in [7, 11) is 0. The van der Waals surface area contributed by atoms with Gasteiger partial charge in [-0.3, -0.25) is 14.4 Å². The topological polar surface area (TPSA) is 96.4 Å². The summed E-state index contributed by atoms with van der Waals surface area (Å²) in [6, 6.07) is 4.91. The summed E-state index contributed by atoms with van der Waals surface area (Å²) in [5, 5.41) is 9.76. The molecule has 1 aromatic rings. The Hall–Kier alpha value is -2.97. The summed E-state index contributed by atoms with van der Waals surface area (Å²) < 4.78 is 11.8. The van der Waals surface area contributed by atoms with E-state index in [2.05, 4.69) is 13.2 Å². The predicted molar refractivity (Wildman–Crippen MR) is 131 cm³/mol. The molecule has 2 unspecified atom stereocenters. The minimum atomic E-state index is -1.13. The second-order valence-electron chi connectivity index (χ2n) is 9.58. The van der Waals surface area contributed by atoms with Gasteiger partial charge in [-0.25, -0.2) is 0 Å². The average Bonchev–Trinajstić information content (AvgIpc) is 3.47. The Morgan fingerprint density at radius 2 is 2.09 bits per heavy atom. The number of fused-ring (bicyclic) bond motifs is 1. The lowest BCUT2D eigenvalue weighted by Gasteiger charge is -2.37. The van der Waals surface area contributed by atoms with Crippen molar-refractivity contribution in [2.75, 3.05) is 31.2 Å². The minimum Gasteiger partial charge on any atom is -0.465 e. The fourth-order valence-corrected chi connectivity index (χ4v) is 5.98. The molecule has 1 N–H and O–H groups in total. The molecular formula is C27H34N2O6. The third-order valence-corrected chi connectivity index (χ3v) is 7.45. The number of ether oxygens (including phenoxy) is 2. The summed E-state index contributed by atoms with van der Waals surface area (Å²) >= 11 is 0. The molecule has 3 heterocycles. The number of aliphatic hydroxyl groups is 1. The summed E-state index contributed by atoms with van der Waals surface area (Å²) in [5.41, 5.74) is 1.52. The molecule has 5 atom stereocenters. The first-order chi connectivity index (χ1) is 16.8. The highest BCUT2D eigenvalue weighted by Gasteiger charge is 2.75. The van der Waals surface area contributed by atoms with Crippen molar-refractivity contribution in [2.24, 2.45) is 11.8 Å². The van der Waals surface area contributed by atoms with Gasteiger partial charge < -0.3 is 24.4 Å². The maximum absolute atomic E-state index is 14.2. The van der Waals surface area contributed by atoms with Crippen LogP contribution in [-0.4, -0.2) is 71.8 Å². The molecule has 0 saturated carbocycles. The number of hydrogen-bond acceptors (Lipinski definition) is 6. The molecule has 0 aromatic heterocycles. The van der Waals surface area contributed by atoms with Crippen molar-refractivity contribution in [3.8, 4) is 0 Å². The van der Waals surface area contributed by atoms with Crippen LogP contribution in [-0.2, 0) is 23.9 Å². The van der Waals surface area contributed by atoms with E-state index in [0.717, 1.165) is 16.8 Å². The Balaban J connectivity index is 1.73. The van der Waals surface area contributed by atoms with Crippen molar-refractivity contribution in [3.63, 3.8) is 0 Å². The van der Waals surface area contributed by atoms with Gasteiger partial charge in [-0.05, 0) is 50.3 Å². The van der Waals surface area contributed by atoms with Crippen LogP contribution in [0.2, 0.25) is 0 Å². The number of rotatable bonds is 10. The number of likely N-dealkylation sites (tertiary alicyclic amines) is 1. The molecule has 2 bridgehead atoms. The molecule has 3 aliphatic rings. The monoisotopic (exact) mass is 482 g/mol. The lowest BCUT2D eigenvalue weighted by atomic mass is 9.70. The minimum absolute atomic E-state index is 0.0194. The van der Waals surface area contributed by atoms with E-state index in [-0.39, 0.29) is 38.1 Å². The SMILES string of the molecule is C=CCCOC(=O)[C@@H]1[C@@H]2CCC3(O2)C(C(=O)N(CC=C)c2cc(C)ccc2C)N(CCO)C(=O)[C@H]13. The van der Waals surface area contributed by atoms with Crippen molar-refractivity contribution in [1.82, 2.24) is 4.90 Å². The summed E-state index contributed by atoms with van der Waals surface area (Å²) in [6.45, 7) is 11.5. The summed E-state index contributed by atoms with van der Waals surface area (Å²) in [6.07, 6.45) is 4.39. The molecule has 188 valence electrons. The highest BCUT2D eigenvalue weighted by molar-refractivity contribution is 6.05. The van der Waals surface area contributed by atoms with Gasteiger partial charge in [0.05, 0.1) is 31.2 Å². The molecule has 3 saturated heterocycles. The van der Waals surface area contributed by atoms with E-state index in [1.54, 1.807) is 17.1 Å². The van der Waals surface area contributed by atoms with Gasteiger partial charge in [0.2, 0.25) is 5.91 Å². The molecule has 1 spiro atoms. The van der Waals surface area contributed by atoms with Crippen LogP contribution in [0.4, 0.5) is 5.69 Å².